The van der Waals surface area contributed by atoms with Crippen LogP contribution in [0.25, 0.3) is 0 Å². The maximum atomic E-state index is 11.9. The molecule has 6 nitrogen and oxygen atoms in total. The molecule has 21 heavy (non-hydrogen) atoms. The van der Waals surface area contributed by atoms with Crippen LogP contribution in [0.1, 0.15) is 52.4 Å². The highest BCUT2D eigenvalue weighted by Gasteiger charge is 2.35. The zero-order valence-corrected chi connectivity index (χ0v) is 13.1. The van der Waals surface area contributed by atoms with E-state index in [0.717, 1.165) is 11.3 Å². The van der Waals surface area contributed by atoms with E-state index in [1.54, 1.807) is 0 Å². The predicted octanol–water partition coefficient (Wildman–Crippen LogP) is 1.39. The number of amides is 2. The first-order chi connectivity index (χ1) is 9.75. The molecule has 0 aliphatic heterocycles. The van der Waals surface area contributed by atoms with Crippen molar-refractivity contribution >= 4 is 17.8 Å². The minimum Gasteiger partial charge on any atom is -0.480 e. The number of likely N-dealkylation sites (N-methyl/N-ethyl adjacent to an activating group) is 1. The molecule has 1 saturated carbocycles. The second-order valence-corrected chi connectivity index (χ2v) is 6.28. The number of rotatable bonds is 7. The van der Waals surface area contributed by atoms with Crippen molar-refractivity contribution in [2.24, 2.45) is 5.92 Å². The highest BCUT2D eigenvalue weighted by atomic mass is 16.4. The molecular weight excluding hydrogens is 272 g/mol. The highest BCUT2D eigenvalue weighted by Crippen LogP contribution is 2.28. The lowest BCUT2D eigenvalue weighted by Gasteiger charge is -2.31. The highest BCUT2D eigenvalue weighted by molar-refractivity contribution is 5.89. The van der Waals surface area contributed by atoms with Crippen molar-refractivity contribution in [1.29, 1.82) is 0 Å². The molecule has 120 valence electrons. The van der Waals surface area contributed by atoms with Crippen molar-refractivity contribution in [2.45, 2.75) is 57.9 Å². The lowest BCUT2D eigenvalue weighted by Crippen LogP contribution is -2.53. The fourth-order valence-corrected chi connectivity index (χ4v) is 2.47. The van der Waals surface area contributed by atoms with E-state index >= 15 is 0 Å². The third kappa shape index (κ3) is 5.02. The number of hydrogen-bond donors (Lipinski definition) is 2. The molecule has 0 spiro atoms. The van der Waals surface area contributed by atoms with Crippen molar-refractivity contribution in [3.63, 3.8) is 0 Å². The van der Waals surface area contributed by atoms with Gasteiger partial charge >= 0.3 is 5.97 Å². The van der Waals surface area contributed by atoms with Gasteiger partial charge in [-0.1, -0.05) is 25.7 Å². The zero-order chi connectivity index (χ0) is 16.0. The molecule has 0 bridgehead atoms. The molecule has 0 aromatic heterocycles. The first-order valence-corrected chi connectivity index (χ1v) is 7.52. The van der Waals surface area contributed by atoms with Gasteiger partial charge in [0.1, 0.15) is 5.54 Å². The van der Waals surface area contributed by atoms with E-state index in [0.29, 0.717) is 12.3 Å². The summed E-state index contributed by atoms with van der Waals surface area (Å²) in [6.07, 6.45) is 6.20. The molecule has 0 saturated heterocycles. The maximum absolute atomic E-state index is 11.9. The van der Waals surface area contributed by atoms with Crippen LogP contribution in [-0.2, 0) is 14.4 Å². The molecule has 2 amide bonds. The molecule has 1 aliphatic rings. The van der Waals surface area contributed by atoms with Gasteiger partial charge < -0.3 is 15.3 Å². The minimum atomic E-state index is -1.29. The number of hydrogen-bond acceptors (Lipinski definition) is 3. The van der Waals surface area contributed by atoms with E-state index in [9.17, 15) is 14.4 Å². The molecule has 0 atom stereocenters. The number of carbonyl (C=O) groups excluding carboxylic acids is 2. The van der Waals surface area contributed by atoms with Crippen molar-refractivity contribution in [3.05, 3.63) is 0 Å². The average molecular weight is 298 g/mol. The normalized spacial score (nSPS) is 15.8. The SMILES string of the molecule is CN(C(=O)CNC(=O)CCC1CCCC1)C(C)(C)C(=O)O. The fourth-order valence-electron chi connectivity index (χ4n) is 2.47. The van der Waals surface area contributed by atoms with E-state index < -0.39 is 17.4 Å². The van der Waals surface area contributed by atoms with Gasteiger partial charge in [-0.3, -0.25) is 9.59 Å². The summed E-state index contributed by atoms with van der Waals surface area (Å²) >= 11 is 0. The summed E-state index contributed by atoms with van der Waals surface area (Å²) in [5.74, 6) is -0.987. The van der Waals surface area contributed by atoms with Gasteiger partial charge in [0.05, 0.1) is 6.54 Å². The maximum Gasteiger partial charge on any atom is 0.329 e. The van der Waals surface area contributed by atoms with Crippen LogP contribution in [-0.4, -0.2) is 46.9 Å². The second-order valence-electron chi connectivity index (χ2n) is 6.28. The zero-order valence-electron chi connectivity index (χ0n) is 13.1. The Hall–Kier alpha value is -1.59. The Kier molecular flexibility index (Phi) is 6.18. The van der Waals surface area contributed by atoms with E-state index in [2.05, 4.69) is 5.32 Å². The van der Waals surface area contributed by atoms with E-state index in [-0.39, 0.29) is 12.5 Å². The number of carbonyl (C=O) groups is 3. The summed E-state index contributed by atoms with van der Waals surface area (Å²) in [4.78, 5) is 35.8. The summed E-state index contributed by atoms with van der Waals surface area (Å²) in [6.45, 7) is 2.75. The van der Waals surface area contributed by atoms with E-state index in [4.69, 9.17) is 5.11 Å². The molecular formula is C15H26N2O4. The Morgan fingerprint density at radius 3 is 2.33 bits per heavy atom. The molecule has 6 heteroatoms. The monoisotopic (exact) mass is 298 g/mol. The van der Waals surface area contributed by atoms with Crippen LogP contribution < -0.4 is 5.32 Å². The lowest BCUT2D eigenvalue weighted by atomic mass is 10.0. The largest absolute Gasteiger partial charge is 0.480 e. The summed E-state index contributed by atoms with van der Waals surface area (Å²) in [7, 11) is 1.43. The number of aliphatic carboxylic acids is 1. The van der Waals surface area contributed by atoms with Gasteiger partial charge in [-0.2, -0.15) is 0 Å². The number of carboxylic acids is 1. The quantitative estimate of drug-likeness (QED) is 0.743. The van der Waals surface area contributed by atoms with Crippen LogP contribution in [0.3, 0.4) is 0 Å². The standard InChI is InChI=1S/C15H26N2O4/c1-15(2,14(20)21)17(3)13(19)10-16-12(18)9-8-11-6-4-5-7-11/h11H,4-10H2,1-3H3,(H,16,18)(H,20,21). The second kappa shape index (κ2) is 7.43. The molecule has 1 aliphatic carbocycles. The fraction of sp³-hybridized carbons (Fsp3) is 0.800. The van der Waals surface area contributed by atoms with Crippen molar-refractivity contribution in [3.8, 4) is 0 Å². The Bertz CT molecular complexity index is 400. The van der Waals surface area contributed by atoms with Crippen LogP contribution in [0.5, 0.6) is 0 Å². The average Bonchev–Trinajstić information content (AvgIpc) is 2.94. The molecule has 0 heterocycles. The van der Waals surface area contributed by atoms with Crippen LogP contribution in [0, 0.1) is 5.92 Å². The summed E-state index contributed by atoms with van der Waals surface area (Å²) in [5, 5.41) is 11.6. The third-order valence-electron chi connectivity index (χ3n) is 4.43. The van der Waals surface area contributed by atoms with Crippen molar-refractivity contribution in [1.82, 2.24) is 10.2 Å². The van der Waals surface area contributed by atoms with Gasteiger partial charge in [0.25, 0.3) is 0 Å². The van der Waals surface area contributed by atoms with Crippen molar-refractivity contribution < 1.29 is 19.5 Å². The van der Waals surface area contributed by atoms with Crippen LogP contribution >= 0.6 is 0 Å². The first kappa shape index (κ1) is 17.5. The topological polar surface area (TPSA) is 86.7 Å². The minimum absolute atomic E-state index is 0.142. The van der Waals surface area contributed by atoms with Gasteiger partial charge in [-0.15, -0.1) is 0 Å². The molecule has 0 radical (unpaired) electrons. The first-order valence-electron chi connectivity index (χ1n) is 7.52. The summed E-state index contributed by atoms with van der Waals surface area (Å²) < 4.78 is 0. The molecule has 2 N–H and O–H groups in total. The number of nitrogens with zero attached hydrogens (tertiary/aromatic N) is 1. The Morgan fingerprint density at radius 2 is 1.81 bits per heavy atom. The van der Waals surface area contributed by atoms with Gasteiger partial charge in [0.15, 0.2) is 0 Å². The predicted molar refractivity (Wildman–Crippen MR) is 78.7 cm³/mol. The smallest absolute Gasteiger partial charge is 0.329 e. The summed E-state index contributed by atoms with van der Waals surface area (Å²) in [5.41, 5.74) is -1.29. The summed E-state index contributed by atoms with van der Waals surface area (Å²) in [6, 6.07) is 0. The molecule has 0 unspecified atom stereocenters. The van der Waals surface area contributed by atoms with Gasteiger partial charge in [0, 0.05) is 13.5 Å². The Balaban J connectivity index is 2.31. The number of nitrogens with one attached hydrogen (secondary N) is 1. The van der Waals surface area contributed by atoms with Gasteiger partial charge in [-0.05, 0) is 26.2 Å². The van der Waals surface area contributed by atoms with Gasteiger partial charge in [-0.25, -0.2) is 4.79 Å². The number of carboxylic acid groups (broad SMARTS) is 1. The van der Waals surface area contributed by atoms with Crippen molar-refractivity contribution in [2.75, 3.05) is 13.6 Å². The lowest BCUT2D eigenvalue weighted by molar-refractivity contribution is -0.155. The van der Waals surface area contributed by atoms with Crippen LogP contribution in [0.15, 0.2) is 0 Å². The molecule has 0 aromatic rings. The molecule has 1 rings (SSSR count). The van der Waals surface area contributed by atoms with E-state index in [1.807, 2.05) is 0 Å². The Morgan fingerprint density at radius 1 is 1.24 bits per heavy atom. The van der Waals surface area contributed by atoms with Gasteiger partial charge in [0.2, 0.25) is 11.8 Å². The van der Waals surface area contributed by atoms with Crippen LogP contribution in [0.4, 0.5) is 0 Å². The Labute approximate surface area is 125 Å². The third-order valence-corrected chi connectivity index (χ3v) is 4.43. The van der Waals surface area contributed by atoms with Crippen LogP contribution in [0.2, 0.25) is 0 Å². The molecule has 0 aromatic carbocycles. The molecule has 1 fully saturated rings. The van der Waals surface area contributed by atoms with E-state index in [1.165, 1.54) is 46.6 Å².